The molecule has 0 saturated carbocycles. The highest BCUT2D eigenvalue weighted by atomic mass is 35.5. The fraction of sp³-hybridized carbons (Fsp3) is 0.375. The van der Waals surface area contributed by atoms with Gasteiger partial charge in [0.2, 0.25) is 11.8 Å². The zero-order valence-corrected chi connectivity index (χ0v) is 19.5. The molecule has 1 N–H and O–H groups in total. The number of carbonyl (C=O) groups is 2. The summed E-state index contributed by atoms with van der Waals surface area (Å²) in [5.41, 5.74) is 2.50. The number of hydrogen-bond donors (Lipinski definition) is 1. The molecule has 162 valence electrons. The summed E-state index contributed by atoms with van der Waals surface area (Å²) in [6.45, 7) is 8.12. The summed E-state index contributed by atoms with van der Waals surface area (Å²) in [6.07, 6.45) is 0.195. The smallest absolute Gasteiger partial charge is 0.229 e. The highest BCUT2D eigenvalue weighted by molar-refractivity contribution is 6.32. The molecule has 0 radical (unpaired) electrons. The molecule has 1 aliphatic heterocycles. The molecule has 1 fully saturated rings. The number of halogens is 2. The molecule has 2 aromatic carbocycles. The van der Waals surface area contributed by atoms with Crippen LogP contribution < -0.4 is 5.32 Å². The number of carbonyl (C=O) groups excluding carboxylic acids is 2. The SMILES string of the molecule is Cc1cc(C(C#N)c2ccc(Cl)cc2)c(Cl)cc1NC(=O)C1CC(=O)N(C(C)(C)C)C1. The van der Waals surface area contributed by atoms with E-state index in [1.54, 1.807) is 35.2 Å². The number of likely N-dealkylation sites (tertiary alicyclic amines) is 1. The minimum absolute atomic E-state index is 0.0161. The Morgan fingerprint density at radius 2 is 1.87 bits per heavy atom. The molecule has 0 aromatic heterocycles. The minimum Gasteiger partial charge on any atom is -0.337 e. The van der Waals surface area contributed by atoms with Crippen molar-refractivity contribution in [2.45, 2.75) is 45.6 Å². The second-order valence-electron chi connectivity index (χ2n) is 8.87. The van der Waals surface area contributed by atoms with E-state index in [9.17, 15) is 14.9 Å². The Bertz CT molecular complexity index is 1050. The number of nitrogens with zero attached hydrogens (tertiary/aromatic N) is 2. The molecule has 0 spiro atoms. The van der Waals surface area contributed by atoms with Crippen molar-refractivity contribution in [2.24, 2.45) is 5.92 Å². The monoisotopic (exact) mass is 457 g/mol. The Hall–Kier alpha value is -2.55. The van der Waals surface area contributed by atoms with Gasteiger partial charge in [0.1, 0.15) is 0 Å². The normalized spacial score (nSPS) is 17.4. The molecule has 1 aliphatic rings. The lowest BCUT2D eigenvalue weighted by Crippen LogP contribution is -2.42. The number of amides is 2. The standard InChI is InChI=1S/C24H25Cl2N3O2/c1-14-9-18(19(12-27)15-5-7-17(25)8-6-15)20(26)11-21(14)28-23(31)16-10-22(30)29(13-16)24(2,3)4/h5-9,11,16,19H,10,13H2,1-4H3,(H,28,31). The van der Waals surface area contributed by atoms with E-state index < -0.39 is 11.8 Å². The van der Waals surface area contributed by atoms with Crippen molar-refractivity contribution < 1.29 is 9.59 Å². The first kappa shape index (κ1) is 23.1. The lowest BCUT2D eigenvalue weighted by molar-refractivity contribution is -0.131. The maximum atomic E-state index is 12.8. The number of anilines is 1. The van der Waals surface area contributed by atoms with Gasteiger partial charge in [0.15, 0.2) is 0 Å². The van der Waals surface area contributed by atoms with E-state index in [1.807, 2.05) is 33.8 Å². The van der Waals surface area contributed by atoms with Gasteiger partial charge in [-0.1, -0.05) is 41.4 Å². The minimum atomic E-state index is -0.555. The van der Waals surface area contributed by atoms with Crippen LogP contribution in [0.15, 0.2) is 36.4 Å². The fourth-order valence-corrected chi connectivity index (χ4v) is 4.20. The first-order valence-corrected chi connectivity index (χ1v) is 10.8. The van der Waals surface area contributed by atoms with Crippen LogP contribution in [0, 0.1) is 24.2 Å². The predicted molar refractivity (Wildman–Crippen MR) is 123 cm³/mol. The first-order valence-electron chi connectivity index (χ1n) is 10.1. The van der Waals surface area contributed by atoms with Gasteiger partial charge in [-0.3, -0.25) is 9.59 Å². The van der Waals surface area contributed by atoms with Crippen LogP contribution in [-0.2, 0) is 9.59 Å². The van der Waals surface area contributed by atoms with E-state index in [4.69, 9.17) is 23.2 Å². The number of aryl methyl sites for hydroxylation is 1. The van der Waals surface area contributed by atoms with Crippen molar-refractivity contribution in [1.29, 1.82) is 5.26 Å². The second-order valence-corrected chi connectivity index (χ2v) is 9.71. The number of rotatable bonds is 4. The molecule has 2 unspecified atom stereocenters. The van der Waals surface area contributed by atoms with Crippen LogP contribution in [0.4, 0.5) is 5.69 Å². The van der Waals surface area contributed by atoms with Crippen molar-refractivity contribution in [3.05, 3.63) is 63.1 Å². The lowest BCUT2D eigenvalue weighted by atomic mass is 9.91. The van der Waals surface area contributed by atoms with Crippen LogP contribution in [0.5, 0.6) is 0 Å². The lowest BCUT2D eigenvalue weighted by Gasteiger charge is -2.32. The Kier molecular flexibility index (Phi) is 6.64. The molecule has 7 heteroatoms. The van der Waals surface area contributed by atoms with Gasteiger partial charge in [0, 0.05) is 34.2 Å². The van der Waals surface area contributed by atoms with Gasteiger partial charge >= 0.3 is 0 Å². The second kappa shape index (κ2) is 8.90. The molecular weight excluding hydrogens is 433 g/mol. The molecule has 2 amide bonds. The molecule has 2 atom stereocenters. The average molecular weight is 458 g/mol. The van der Waals surface area contributed by atoms with E-state index >= 15 is 0 Å². The van der Waals surface area contributed by atoms with Crippen LogP contribution in [0.2, 0.25) is 10.0 Å². The van der Waals surface area contributed by atoms with E-state index in [0.717, 1.165) is 11.1 Å². The van der Waals surface area contributed by atoms with Crippen molar-refractivity contribution in [3.63, 3.8) is 0 Å². The molecule has 0 bridgehead atoms. The number of hydrogen-bond acceptors (Lipinski definition) is 3. The van der Waals surface area contributed by atoms with Gasteiger partial charge in [-0.05, 0) is 62.6 Å². The third-order valence-electron chi connectivity index (χ3n) is 5.55. The van der Waals surface area contributed by atoms with Crippen molar-refractivity contribution >= 4 is 40.7 Å². The summed E-state index contributed by atoms with van der Waals surface area (Å²) < 4.78 is 0. The maximum absolute atomic E-state index is 12.8. The van der Waals surface area contributed by atoms with Gasteiger partial charge in [0.25, 0.3) is 0 Å². The van der Waals surface area contributed by atoms with Gasteiger partial charge < -0.3 is 10.2 Å². The third kappa shape index (κ3) is 5.03. The summed E-state index contributed by atoms with van der Waals surface area (Å²) in [7, 11) is 0. The van der Waals surface area contributed by atoms with E-state index in [0.29, 0.717) is 27.8 Å². The van der Waals surface area contributed by atoms with Crippen molar-refractivity contribution in [2.75, 3.05) is 11.9 Å². The van der Waals surface area contributed by atoms with Crippen molar-refractivity contribution in [3.8, 4) is 6.07 Å². The van der Waals surface area contributed by atoms with Gasteiger partial charge in [-0.15, -0.1) is 0 Å². The number of nitrogens with one attached hydrogen (secondary N) is 1. The topological polar surface area (TPSA) is 73.2 Å². The number of benzene rings is 2. The third-order valence-corrected chi connectivity index (χ3v) is 6.13. The Labute approximate surface area is 192 Å². The molecular formula is C24H25Cl2N3O2. The Balaban J connectivity index is 1.81. The van der Waals surface area contributed by atoms with E-state index in [-0.39, 0.29) is 23.8 Å². The van der Waals surface area contributed by atoms with Crippen molar-refractivity contribution in [1.82, 2.24) is 4.90 Å². The highest BCUT2D eigenvalue weighted by Crippen LogP contribution is 2.35. The zero-order valence-electron chi connectivity index (χ0n) is 18.0. The van der Waals surface area contributed by atoms with Crippen LogP contribution >= 0.6 is 23.2 Å². The molecule has 0 aliphatic carbocycles. The van der Waals surface area contributed by atoms with Gasteiger partial charge in [-0.25, -0.2) is 0 Å². The average Bonchev–Trinajstić information content (AvgIpc) is 3.10. The quantitative estimate of drug-likeness (QED) is 0.654. The fourth-order valence-electron chi connectivity index (χ4n) is 3.80. The summed E-state index contributed by atoms with van der Waals surface area (Å²) in [4.78, 5) is 26.9. The van der Waals surface area contributed by atoms with Crippen LogP contribution in [0.25, 0.3) is 0 Å². The largest absolute Gasteiger partial charge is 0.337 e. The molecule has 1 saturated heterocycles. The molecule has 5 nitrogen and oxygen atoms in total. The van der Waals surface area contributed by atoms with Crippen LogP contribution in [0.1, 0.15) is 49.8 Å². The predicted octanol–water partition coefficient (Wildman–Crippen LogP) is 5.54. The summed E-state index contributed by atoms with van der Waals surface area (Å²) in [6, 6.07) is 12.9. The molecule has 31 heavy (non-hydrogen) atoms. The Morgan fingerprint density at radius 1 is 1.23 bits per heavy atom. The highest BCUT2D eigenvalue weighted by Gasteiger charge is 2.39. The van der Waals surface area contributed by atoms with Gasteiger partial charge in [0.05, 0.1) is 17.9 Å². The van der Waals surface area contributed by atoms with Crippen LogP contribution in [0.3, 0.4) is 0 Å². The van der Waals surface area contributed by atoms with Gasteiger partial charge in [-0.2, -0.15) is 5.26 Å². The summed E-state index contributed by atoms with van der Waals surface area (Å²) in [5.74, 6) is -1.19. The zero-order chi connectivity index (χ0) is 22.9. The van der Waals surface area contributed by atoms with E-state index in [2.05, 4.69) is 11.4 Å². The summed E-state index contributed by atoms with van der Waals surface area (Å²) in [5, 5.41) is 13.6. The maximum Gasteiger partial charge on any atom is 0.229 e. The summed E-state index contributed by atoms with van der Waals surface area (Å²) >= 11 is 12.5. The molecule has 2 aromatic rings. The van der Waals surface area contributed by atoms with Crippen LogP contribution in [-0.4, -0.2) is 28.8 Å². The molecule has 3 rings (SSSR count). The number of nitriles is 1. The van der Waals surface area contributed by atoms with E-state index in [1.165, 1.54) is 0 Å². The Morgan fingerprint density at radius 3 is 2.42 bits per heavy atom. The first-order chi connectivity index (χ1) is 14.5. The molecule has 1 heterocycles.